The molecule has 0 heterocycles. The van der Waals surface area contributed by atoms with E-state index in [1.165, 1.54) is 5.01 Å². The van der Waals surface area contributed by atoms with E-state index in [-0.39, 0.29) is 16.8 Å². The summed E-state index contributed by atoms with van der Waals surface area (Å²) in [7, 11) is 0. The molecule has 0 N–H and O–H groups in total. The number of ether oxygens (including phenoxy) is 1. The Morgan fingerprint density at radius 2 is 1.69 bits per heavy atom. The van der Waals surface area contributed by atoms with Crippen LogP contribution in [0.4, 0.5) is 5.69 Å². The first-order valence-corrected chi connectivity index (χ1v) is 9.40. The summed E-state index contributed by atoms with van der Waals surface area (Å²) in [6.45, 7) is 0. The van der Waals surface area contributed by atoms with E-state index >= 15 is 0 Å². The maximum Gasteiger partial charge on any atom is 0.351 e. The molecule has 0 unspecified atom stereocenters. The molecule has 0 radical (unpaired) electrons. The first kappa shape index (κ1) is 18.3. The van der Waals surface area contributed by atoms with Crippen LogP contribution in [-0.2, 0) is 9.53 Å². The molecule has 1 aliphatic rings. The molecule has 1 amide bonds. The third-order valence-electron chi connectivity index (χ3n) is 4.13. The summed E-state index contributed by atoms with van der Waals surface area (Å²) in [5, 5.41) is 5.31. The van der Waals surface area contributed by atoms with Gasteiger partial charge in [0.2, 0.25) is 0 Å². The van der Waals surface area contributed by atoms with Crippen LogP contribution in [0.5, 0.6) is 0 Å². The smallest absolute Gasteiger partial charge is 0.351 e. The molecule has 0 bridgehead atoms. The van der Waals surface area contributed by atoms with Crippen molar-refractivity contribution in [2.45, 2.75) is 30.2 Å². The minimum atomic E-state index is -0.553. The molecular weight excluding hydrogens is 396 g/mol. The number of benzene rings is 2. The Morgan fingerprint density at radius 3 is 2.31 bits per heavy atom. The van der Waals surface area contributed by atoms with Gasteiger partial charge in [-0.25, -0.2) is 4.79 Å². The highest BCUT2D eigenvalue weighted by Gasteiger charge is 2.28. The summed E-state index contributed by atoms with van der Waals surface area (Å²) in [6.07, 6.45) is 3.75. The van der Waals surface area contributed by atoms with Gasteiger partial charge in [0.05, 0.1) is 10.5 Å². The molecule has 0 saturated heterocycles. The van der Waals surface area contributed by atoms with Gasteiger partial charge in [-0.2, -0.15) is 10.1 Å². The molecule has 26 heavy (non-hydrogen) atoms. The average Bonchev–Trinajstić information content (AvgIpc) is 3.08. The molecule has 134 valence electrons. The van der Waals surface area contributed by atoms with Crippen LogP contribution in [0.2, 0.25) is 0 Å². The van der Waals surface area contributed by atoms with Crippen molar-refractivity contribution >= 4 is 39.7 Å². The summed E-state index contributed by atoms with van der Waals surface area (Å²) in [6, 6.07) is 17.8. The number of alkyl halides is 1. The standard InChI is InChI=1S/C20H19BrN2O3/c21-17-12-7-13-18(17)26-19(24)14-22-23(16-10-5-2-6-11-16)20(25)15-8-3-1-4-9-15/h1-6,8-11,14,17-18H,7,12-13H2/b22-14+/t17-,18-/m0/s1. The number of para-hydroxylation sites is 1. The quantitative estimate of drug-likeness (QED) is 0.319. The highest BCUT2D eigenvalue weighted by molar-refractivity contribution is 9.09. The maximum atomic E-state index is 12.8. The fraction of sp³-hybridized carbons (Fsp3) is 0.250. The Kier molecular flexibility index (Phi) is 6.17. The summed E-state index contributed by atoms with van der Waals surface area (Å²) < 4.78 is 5.42. The van der Waals surface area contributed by atoms with Crippen LogP contribution in [0, 0.1) is 0 Å². The molecule has 1 aliphatic carbocycles. The van der Waals surface area contributed by atoms with Crippen LogP contribution >= 0.6 is 15.9 Å². The molecule has 6 heteroatoms. The number of hydrogen-bond donors (Lipinski definition) is 0. The summed E-state index contributed by atoms with van der Waals surface area (Å²) in [5.41, 5.74) is 1.06. The van der Waals surface area contributed by atoms with Crippen LogP contribution in [-0.4, -0.2) is 29.0 Å². The van der Waals surface area contributed by atoms with Crippen molar-refractivity contribution in [3.63, 3.8) is 0 Å². The Morgan fingerprint density at radius 1 is 1.04 bits per heavy atom. The molecule has 1 saturated carbocycles. The van der Waals surface area contributed by atoms with E-state index in [0.717, 1.165) is 25.5 Å². The largest absolute Gasteiger partial charge is 0.457 e. The lowest BCUT2D eigenvalue weighted by atomic mass is 10.2. The lowest BCUT2D eigenvalue weighted by molar-refractivity contribution is -0.139. The Balaban J connectivity index is 1.77. The van der Waals surface area contributed by atoms with Crippen molar-refractivity contribution in [2.75, 3.05) is 5.01 Å². The van der Waals surface area contributed by atoms with E-state index in [9.17, 15) is 9.59 Å². The number of esters is 1. The molecular formula is C20H19BrN2O3. The van der Waals surface area contributed by atoms with Crippen LogP contribution in [0.1, 0.15) is 29.6 Å². The molecule has 2 aromatic rings. The van der Waals surface area contributed by atoms with Crippen molar-refractivity contribution in [1.29, 1.82) is 0 Å². The fourth-order valence-electron chi connectivity index (χ4n) is 2.81. The average molecular weight is 415 g/mol. The summed E-state index contributed by atoms with van der Waals surface area (Å²) in [5.74, 6) is -0.872. The van der Waals surface area contributed by atoms with E-state index in [2.05, 4.69) is 21.0 Å². The Hall–Kier alpha value is -2.47. The number of amides is 1. The third-order valence-corrected chi connectivity index (χ3v) is 5.18. The van der Waals surface area contributed by atoms with E-state index in [1.807, 2.05) is 24.3 Å². The molecule has 0 spiro atoms. The van der Waals surface area contributed by atoms with E-state index in [0.29, 0.717) is 11.3 Å². The van der Waals surface area contributed by atoms with E-state index in [1.54, 1.807) is 36.4 Å². The number of halogens is 1. The molecule has 1 fully saturated rings. The minimum absolute atomic E-state index is 0.149. The molecule has 2 atom stereocenters. The Labute approximate surface area is 160 Å². The second kappa shape index (κ2) is 8.76. The molecule has 5 nitrogen and oxygen atoms in total. The van der Waals surface area contributed by atoms with Gasteiger partial charge in [-0.05, 0) is 43.5 Å². The van der Waals surface area contributed by atoms with Gasteiger partial charge >= 0.3 is 5.97 Å². The minimum Gasteiger partial charge on any atom is -0.457 e. The van der Waals surface area contributed by atoms with Gasteiger partial charge in [0.15, 0.2) is 0 Å². The molecule has 3 rings (SSSR count). The van der Waals surface area contributed by atoms with Gasteiger partial charge in [0.1, 0.15) is 12.3 Å². The van der Waals surface area contributed by atoms with Crippen LogP contribution in [0.25, 0.3) is 0 Å². The second-order valence-corrected chi connectivity index (χ2v) is 7.16. The number of carbonyl (C=O) groups is 2. The summed E-state index contributed by atoms with van der Waals surface area (Å²) in [4.78, 5) is 25.1. The normalized spacial score (nSPS) is 19.4. The second-order valence-electron chi connectivity index (χ2n) is 5.99. The fourth-order valence-corrected chi connectivity index (χ4v) is 3.50. The lowest BCUT2D eigenvalue weighted by Crippen LogP contribution is -2.28. The zero-order valence-corrected chi connectivity index (χ0v) is 15.7. The van der Waals surface area contributed by atoms with Crippen molar-refractivity contribution in [1.82, 2.24) is 0 Å². The number of nitrogens with zero attached hydrogens (tertiary/aromatic N) is 2. The van der Waals surface area contributed by atoms with Crippen molar-refractivity contribution < 1.29 is 14.3 Å². The van der Waals surface area contributed by atoms with Gasteiger partial charge in [0.25, 0.3) is 5.91 Å². The predicted molar refractivity (Wildman–Crippen MR) is 105 cm³/mol. The molecule has 0 aliphatic heterocycles. The van der Waals surface area contributed by atoms with Gasteiger partial charge < -0.3 is 4.74 Å². The highest BCUT2D eigenvalue weighted by atomic mass is 79.9. The van der Waals surface area contributed by atoms with Gasteiger partial charge in [-0.15, -0.1) is 0 Å². The topological polar surface area (TPSA) is 59.0 Å². The maximum absolute atomic E-state index is 12.8. The van der Waals surface area contributed by atoms with Gasteiger partial charge in [0, 0.05) is 5.56 Å². The van der Waals surface area contributed by atoms with Crippen molar-refractivity contribution in [2.24, 2.45) is 5.10 Å². The molecule has 0 aromatic heterocycles. The van der Waals surface area contributed by atoms with Gasteiger partial charge in [-0.3, -0.25) is 4.79 Å². The van der Waals surface area contributed by atoms with Crippen LogP contribution in [0.15, 0.2) is 65.8 Å². The number of hydrazone groups is 1. The van der Waals surface area contributed by atoms with E-state index in [4.69, 9.17) is 4.74 Å². The number of carbonyl (C=O) groups excluding carboxylic acids is 2. The lowest BCUT2D eigenvalue weighted by Gasteiger charge is -2.17. The van der Waals surface area contributed by atoms with Crippen LogP contribution in [0.3, 0.4) is 0 Å². The monoisotopic (exact) mass is 414 g/mol. The molecule has 2 aromatic carbocycles. The predicted octanol–water partition coefficient (Wildman–Crippen LogP) is 4.18. The van der Waals surface area contributed by atoms with Crippen molar-refractivity contribution in [3.8, 4) is 0 Å². The highest BCUT2D eigenvalue weighted by Crippen LogP contribution is 2.28. The number of hydrogen-bond acceptors (Lipinski definition) is 4. The first-order chi connectivity index (χ1) is 12.6. The zero-order chi connectivity index (χ0) is 18.4. The van der Waals surface area contributed by atoms with E-state index < -0.39 is 5.97 Å². The zero-order valence-electron chi connectivity index (χ0n) is 14.1. The third kappa shape index (κ3) is 4.58. The Bertz CT molecular complexity index is 780. The SMILES string of the molecule is O=C(/C=N/N(C(=O)c1ccccc1)c1ccccc1)O[C@H]1CCC[C@@H]1Br. The van der Waals surface area contributed by atoms with Gasteiger partial charge in [-0.1, -0.05) is 52.3 Å². The van der Waals surface area contributed by atoms with Crippen LogP contribution < -0.4 is 5.01 Å². The first-order valence-electron chi connectivity index (χ1n) is 8.48. The number of anilines is 1. The summed E-state index contributed by atoms with van der Waals surface area (Å²) >= 11 is 3.52. The number of rotatable bonds is 5. The van der Waals surface area contributed by atoms with Crippen molar-refractivity contribution in [3.05, 3.63) is 66.2 Å².